The topological polar surface area (TPSA) is 58.9 Å². The predicted molar refractivity (Wildman–Crippen MR) is 103 cm³/mol. The van der Waals surface area contributed by atoms with Crippen LogP contribution in [0.5, 0.6) is 0 Å². The molecule has 0 amide bonds. The van der Waals surface area contributed by atoms with E-state index >= 15 is 0 Å². The minimum Gasteiger partial charge on any atom is -0.448 e. The molecule has 1 atom stereocenters. The van der Waals surface area contributed by atoms with Gasteiger partial charge in [0.15, 0.2) is 0 Å². The molecule has 0 radical (unpaired) electrons. The third-order valence-electron chi connectivity index (χ3n) is 4.80. The van der Waals surface area contributed by atoms with E-state index in [-0.39, 0.29) is 23.2 Å². The van der Waals surface area contributed by atoms with Crippen molar-refractivity contribution in [3.63, 3.8) is 0 Å². The lowest BCUT2D eigenvalue weighted by Gasteiger charge is -2.17. The zero-order valence-electron chi connectivity index (χ0n) is 15.1. The van der Waals surface area contributed by atoms with Crippen LogP contribution < -0.4 is 5.56 Å². The maximum atomic E-state index is 14.1. The summed E-state index contributed by atoms with van der Waals surface area (Å²) in [7, 11) is 0. The molecular formula is C22H19FN2O2. The zero-order valence-corrected chi connectivity index (χ0v) is 15.1. The first-order valence-electron chi connectivity index (χ1n) is 8.86. The summed E-state index contributed by atoms with van der Waals surface area (Å²) >= 11 is 0. The van der Waals surface area contributed by atoms with Crippen LogP contribution in [0.25, 0.3) is 22.0 Å². The molecule has 2 aromatic carbocycles. The quantitative estimate of drug-likeness (QED) is 0.549. The lowest BCUT2D eigenvalue weighted by atomic mass is 9.89. The van der Waals surface area contributed by atoms with Crippen LogP contribution in [0.1, 0.15) is 31.2 Å². The number of aromatic nitrogens is 2. The average Bonchev–Trinajstić information content (AvgIpc) is 3.17. The van der Waals surface area contributed by atoms with Crippen LogP contribution in [-0.2, 0) is 0 Å². The number of rotatable bonds is 4. The van der Waals surface area contributed by atoms with E-state index in [2.05, 4.69) is 9.97 Å². The third-order valence-corrected chi connectivity index (χ3v) is 4.80. The molecule has 2 aromatic heterocycles. The van der Waals surface area contributed by atoms with Crippen LogP contribution in [0.3, 0.4) is 0 Å². The Labute approximate surface area is 155 Å². The molecule has 4 rings (SSSR count). The first-order valence-corrected chi connectivity index (χ1v) is 8.86. The van der Waals surface area contributed by atoms with Gasteiger partial charge in [-0.2, -0.15) is 0 Å². The van der Waals surface area contributed by atoms with Gasteiger partial charge in [-0.15, -0.1) is 0 Å². The van der Waals surface area contributed by atoms with Crippen LogP contribution >= 0.6 is 0 Å². The van der Waals surface area contributed by atoms with Gasteiger partial charge < -0.3 is 9.40 Å². The van der Waals surface area contributed by atoms with Gasteiger partial charge in [0.2, 0.25) is 5.89 Å². The van der Waals surface area contributed by atoms with Crippen molar-refractivity contribution >= 4 is 10.8 Å². The maximum absolute atomic E-state index is 14.1. The molecule has 0 aliphatic heterocycles. The number of nitrogens with one attached hydrogen (secondary N) is 1. The largest absolute Gasteiger partial charge is 0.448 e. The van der Waals surface area contributed by atoms with Crippen molar-refractivity contribution in [1.82, 2.24) is 9.97 Å². The zero-order chi connectivity index (χ0) is 19.0. The molecule has 0 saturated heterocycles. The standard InChI is InChI=1S/C22H19FN2O2/c1-13(2)20(22-24-10-11-27-22)16-8-9-19(25-21(16)26)15-7-6-14-4-3-5-18(23)17(14)12-15/h3-13,20H,1-2H3,(H,25,26). The van der Waals surface area contributed by atoms with Crippen molar-refractivity contribution in [2.24, 2.45) is 5.92 Å². The van der Waals surface area contributed by atoms with Crippen molar-refractivity contribution in [3.05, 3.63) is 88.6 Å². The van der Waals surface area contributed by atoms with E-state index in [1.54, 1.807) is 24.4 Å². The molecule has 0 spiro atoms. The highest BCUT2D eigenvalue weighted by atomic mass is 19.1. The number of halogens is 1. The lowest BCUT2D eigenvalue weighted by Crippen LogP contribution is -2.21. The number of aromatic amines is 1. The minimum absolute atomic E-state index is 0.144. The Hall–Kier alpha value is -3.21. The van der Waals surface area contributed by atoms with Gasteiger partial charge in [-0.05, 0) is 35.1 Å². The normalized spacial score (nSPS) is 12.6. The van der Waals surface area contributed by atoms with Crippen LogP contribution in [-0.4, -0.2) is 9.97 Å². The summed E-state index contributed by atoms with van der Waals surface area (Å²) in [6, 6.07) is 14.1. The highest BCUT2D eigenvalue weighted by molar-refractivity contribution is 5.87. The molecule has 4 nitrogen and oxygen atoms in total. The fraction of sp³-hybridized carbons (Fsp3) is 0.182. The first kappa shape index (κ1) is 17.2. The van der Waals surface area contributed by atoms with E-state index in [9.17, 15) is 9.18 Å². The van der Waals surface area contributed by atoms with Crippen LogP contribution in [0.2, 0.25) is 0 Å². The number of fused-ring (bicyclic) bond motifs is 1. The summed E-state index contributed by atoms with van der Waals surface area (Å²) in [6.07, 6.45) is 3.09. The number of H-pyrrole nitrogens is 1. The molecule has 4 aromatic rings. The van der Waals surface area contributed by atoms with E-state index in [4.69, 9.17) is 4.42 Å². The molecule has 0 fully saturated rings. The molecule has 27 heavy (non-hydrogen) atoms. The van der Waals surface area contributed by atoms with Crippen LogP contribution in [0, 0.1) is 11.7 Å². The Balaban J connectivity index is 1.78. The lowest BCUT2D eigenvalue weighted by molar-refractivity contribution is 0.415. The van der Waals surface area contributed by atoms with E-state index < -0.39 is 0 Å². The number of pyridine rings is 1. The smallest absolute Gasteiger partial charge is 0.252 e. The average molecular weight is 362 g/mol. The SMILES string of the molecule is CC(C)C(c1ncco1)c1ccc(-c2ccc3cccc(F)c3c2)[nH]c1=O. The fourth-order valence-electron chi connectivity index (χ4n) is 3.47. The van der Waals surface area contributed by atoms with Gasteiger partial charge in [-0.3, -0.25) is 4.79 Å². The van der Waals surface area contributed by atoms with Crippen LogP contribution in [0.4, 0.5) is 4.39 Å². The van der Waals surface area contributed by atoms with Crippen molar-refractivity contribution in [3.8, 4) is 11.3 Å². The highest BCUT2D eigenvalue weighted by Gasteiger charge is 2.25. The summed E-state index contributed by atoms with van der Waals surface area (Å²) in [6.45, 7) is 4.04. The second-order valence-electron chi connectivity index (χ2n) is 6.92. The van der Waals surface area contributed by atoms with Crippen molar-refractivity contribution < 1.29 is 8.81 Å². The summed E-state index contributed by atoms with van der Waals surface area (Å²) < 4.78 is 19.5. The number of benzene rings is 2. The van der Waals surface area contributed by atoms with E-state index in [1.807, 2.05) is 38.1 Å². The van der Waals surface area contributed by atoms with Gasteiger partial charge in [0.25, 0.3) is 5.56 Å². The Morgan fingerprint density at radius 2 is 1.96 bits per heavy atom. The molecular weight excluding hydrogens is 343 g/mol. The number of nitrogens with zero attached hydrogens (tertiary/aromatic N) is 1. The number of hydrogen-bond acceptors (Lipinski definition) is 3. The second kappa shape index (κ2) is 6.83. The minimum atomic E-state index is -0.280. The van der Waals surface area contributed by atoms with Gasteiger partial charge in [-0.25, -0.2) is 9.37 Å². The third kappa shape index (κ3) is 3.16. The van der Waals surface area contributed by atoms with Gasteiger partial charge in [0.1, 0.15) is 12.1 Å². The number of oxazole rings is 1. The van der Waals surface area contributed by atoms with E-state index in [0.29, 0.717) is 22.5 Å². The summed E-state index contributed by atoms with van der Waals surface area (Å²) in [4.78, 5) is 19.9. The van der Waals surface area contributed by atoms with Gasteiger partial charge in [0.05, 0.1) is 12.1 Å². The molecule has 0 saturated carbocycles. The predicted octanol–water partition coefficient (Wildman–Crippen LogP) is 5.11. The van der Waals surface area contributed by atoms with Gasteiger partial charge >= 0.3 is 0 Å². The molecule has 1 unspecified atom stereocenters. The molecule has 5 heteroatoms. The van der Waals surface area contributed by atoms with E-state index in [1.165, 1.54) is 12.3 Å². The summed E-state index contributed by atoms with van der Waals surface area (Å²) in [5.74, 6) is 0.158. The second-order valence-corrected chi connectivity index (χ2v) is 6.92. The molecule has 1 N–H and O–H groups in total. The molecule has 0 aliphatic rings. The van der Waals surface area contributed by atoms with Crippen LogP contribution in [0.15, 0.2) is 70.2 Å². The summed E-state index contributed by atoms with van der Waals surface area (Å²) in [5, 5.41) is 1.35. The van der Waals surface area contributed by atoms with Crippen molar-refractivity contribution in [2.45, 2.75) is 19.8 Å². The van der Waals surface area contributed by atoms with Crippen molar-refractivity contribution in [1.29, 1.82) is 0 Å². The first-order chi connectivity index (χ1) is 13.0. The Kier molecular flexibility index (Phi) is 4.36. The Morgan fingerprint density at radius 1 is 1.11 bits per heavy atom. The molecule has 136 valence electrons. The molecule has 2 heterocycles. The van der Waals surface area contributed by atoms with Gasteiger partial charge in [0, 0.05) is 16.6 Å². The summed E-state index contributed by atoms with van der Waals surface area (Å²) in [5.41, 5.74) is 1.80. The fourth-order valence-corrected chi connectivity index (χ4v) is 3.47. The van der Waals surface area contributed by atoms with E-state index in [0.717, 1.165) is 10.9 Å². The highest BCUT2D eigenvalue weighted by Crippen LogP contribution is 2.30. The van der Waals surface area contributed by atoms with Crippen molar-refractivity contribution in [2.75, 3.05) is 0 Å². The Bertz CT molecular complexity index is 1150. The molecule has 0 bridgehead atoms. The monoisotopic (exact) mass is 362 g/mol. The number of hydrogen-bond donors (Lipinski definition) is 1. The molecule has 0 aliphatic carbocycles. The Morgan fingerprint density at radius 3 is 2.67 bits per heavy atom. The van der Waals surface area contributed by atoms with Gasteiger partial charge in [-0.1, -0.05) is 44.2 Å². The maximum Gasteiger partial charge on any atom is 0.252 e.